The number of nitrogens with one attached hydrogen (secondary N) is 2. The summed E-state index contributed by atoms with van der Waals surface area (Å²) in [5.41, 5.74) is 0.397. The number of hydrogen-bond acceptors (Lipinski definition) is 4. The molecule has 1 aromatic carbocycles. The molecule has 0 aliphatic carbocycles. The quantitative estimate of drug-likeness (QED) is 0.687. The predicted molar refractivity (Wildman–Crippen MR) is 76.6 cm³/mol. The number of anilines is 1. The number of carbonyl (C=O) groups is 2. The number of carboxylic acid groups (broad SMARTS) is 1. The van der Waals surface area contributed by atoms with Gasteiger partial charge < -0.3 is 25.2 Å². The molecule has 0 fully saturated rings. The number of rotatable bonds is 6. The lowest BCUT2D eigenvalue weighted by atomic mass is 10.2. The van der Waals surface area contributed by atoms with E-state index in [2.05, 4.69) is 16.6 Å². The number of hydrogen-bond donors (Lipinski definition) is 3. The van der Waals surface area contributed by atoms with Gasteiger partial charge in [-0.25, -0.2) is 9.59 Å². The van der Waals surface area contributed by atoms with Crippen LogP contribution in [0.25, 0.3) is 0 Å². The Morgan fingerprint density at radius 1 is 1.29 bits per heavy atom. The van der Waals surface area contributed by atoms with E-state index in [4.69, 9.17) is 21.0 Å². The molecule has 0 saturated carbocycles. The van der Waals surface area contributed by atoms with E-state index in [0.29, 0.717) is 17.2 Å². The summed E-state index contributed by atoms with van der Waals surface area (Å²) < 4.78 is 10.1. The number of urea groups is 1. The lowest BCUT2D eigenvalue weighted by molar-refractivity contribution is -0.139. The third-order valence-electron chi connectivity index (χ3n) is 2.53. The fourth-order valence-corrected chi connectivity index (χ4v) is 1.52. The van der Waals surface area contributed by atoms with Crippen molar-refractivity contribution in [1.29, 1.82) is 0 Å². The summed E-state index contributed by atoms with van der Waals surface area (Å²) >= 11 is 0. The monoisotopic (exact) mass is 292 g/mol. The summed E-state index contributed by atoms with van der Waals surface area (Å²) in [5.74, 6) is 1.97. The van der Waals surface area contributed by atoms with Crippen LogP contribution < -0.4 is 20.1 Å². The Hall–Kier alpha value is -2.88. The van der Waals surface area contributed by atoms with Crippen molar-refractivity contribution in [3.63, 3.8) is 0 Å². The number of benzene rings is 1. The molecule has 0 saturated heterocycles. The molecule has 1 rings (SSSR count). The summed E-state index contributed by atoms with van der Waals surface area (Å²) in [5, 5.41) is 13.7. The van der Waals surface area contributed by atoms with E-state index in [0.717, 1.165) is 0 Å². The maximum absolute atomic E-state index is 11.8. The highest BCUT2D eigenvalue weighted by atomic mass is 16.5. The minimum Gasteiger partial charge on any atom is -0.497 e. The average Bonchev–Trinajstić information content (AvgIpc) is 2.46. The fourth-order valence-electron chi connectivity index (χ4n) is 1.52. The second-order valence-electron chi connectivity index (χ2n) is 4.00. The maximum Gasteiger partial charge on any atom is 0.327 e. The van der Waals surface area contributed by atoms with Crippen LogP contribution in [0.15, 0.2) is 18.2 Å². The first-order valence-electron chi connectivity index (χ1n) is 5.97. The van der Waals surface area contributed by atoms with Crippen LogP contribution in [0.4, 0.5) is 10.5 Å². The zero-order valence-electron chi connectivity index (χ0n) is 11.7. The molecule has 21 heavy (non-hydrogen) atoms. The van der Waals surface area contributed by atoms with Crippen molar-refractivity contribution >= 4 is 17.7 Å². The Bertz CT molecular complexity index is 543. The van der Waals surface area contributed by atoms with Crippen LogP contribution in [0.2, 0.25) is 0 Å². The van der Waals surface area contributed by atoms with E-state index in [1.54, 1.807) is 18.2 Å². The molecule has 0 aliphatic rings. The van der Waals surface area contributed by atoms with Gasteiger partial charge in [-0.05, 0) is 0 Å². The highest BCUT2D eigenvalue weighted by Crippen LogP contribution is 2.25. The smallest absolute Gasteiger partial charge is 0.327 e. The Labute approximate surface area is 122 Å². The number of amides is 2. The van der Waals surface area contributed by atoms with Gasteiger partial charge in [-0.15, -0.1) is 12.3 Å². The minimum atomic E-state index is -1.20. The second kappa shape index (κ2) is 7.65. The van der Waals surface area contributed by atoms with Crippen LogP contribution in [0.1, 0.15) is 6.42 Å². The van der Waals surface area contributed by atoms with E-state index in [-0.39, 0.29) is 6.42 Å². The Balaban J connectivity index is 2.78. The number of carbonyl (C=O) groups excluding carboxylic acids is 1. The molecule has 2 amide bonds. The van der Waals surface area contributed by atoms with Gasteiger partial charge in [-0.3, -0.25) is 0 Å². The van der Waals surface area contributed by atoms with Crippen molar-refractivity contribution in [1.82, 2.24) is 5.32 Å². The zero-order valence-corrected chi connectivity index (χ0v) is 11.7. The first kappa shape index (κ1) is 16.2. The molecule has 112 valence electrons. The minimum absolute atomic E-state index is 0.107. The zero-order chi connectivity index (χ0) is 15.8. The van der Waals surface area contributed by atoms with Gasteiger partial charge in [0.1, 0.15) is 17.5 Å². The molecule has 0 spiro atoms. The highest BCUT2D eigenvalue weighted by molar-refractivity contribution is 5.92. The molecule has 0 aromatic heterocycles. The summed E-state index contributed by atoms with van der Waals surface area (Å²) in [6.45, 7) is 0. The van der Waals surface area contributed by atoms with Gasteiger partial charge >= 0.3 is 12.0 Å². The molecular formula is C14H16N2O5. The number of ether oxygens (including phenoxy) is 2. The van der Waals surface area contributed by atoms with Gasteiger partial charge in [-0.1, -0.05) is 0 Å². The molecule has 1 unspecified atom stereocenters. The number of terminal acetylenes is 1. The summed E-state index contributed by atoms with van der Waals surface area (Å²) in [6, 6.07) is 2.94. The van der Waals surface area contributed by atoms with E-state index in [9.17, 15) is 9.59 Å². The third kappa shape index (κ3) is 4.95. The van der Waals surface area contributed by atoms with Crippen LogP contribution in [-0.4, -0.2) is 37.4 Å². The molecule has 7 heteroatoms. The second-order valence-corrected chi connectivity index (χ2v) is 4.00. The molecule has 3 N–H and O–H groups in total. The first-order chi connectivity index (χ1) is 9.99. The largest absolute Gasteiger partial charge is 0.497 e. The van der Waals surface area contributed by atoms with Gasteiger partial charge in [0, 0.05) is 30.3 Å². The van der Waals surface area contributed by atoms with Gasteiger partial charge in [0.2, 0.25) is 0 Å². The van der Waals surface area contributed by atoms with E-state index >= 15 is 0 Å². The molecular weight excluding hydrogens is 276 g/mol. The molecule has 0 bridgehead atoms. The number of methoxy groups -OCH3 is 2. The summed E-state index contributed by atoms with van der Waals surface area (Å²) in [7, 11) is 2.96. The molecule has 1 aromatic rings. The van der Waals surface area contributed by atoms with Gasteiger partial charge in [-0.2, -0.15) is 0 Å². The molecule has 7 nitrogen and oxygen atoms in total. The van der Waals surface area contributed by atoms with Crippen molar-refractivity contribution in [2.24, 2.45) is 0 Å². The molecule has 0 aliphatic heterocycles. The third-order valence-corrected chi connectivity index (χ3v) is 2.53. The van der Waals surface area contributed by atoms with Gasteiger partial charge in [0.25, 0.3) is 0 Å². The highest BCUT2D eigenvalue weighted by Gasteiger charge is 2.18. The van der Waals surface area contributed by atoms with Crippen molar-refractivity contribution in [3.8, 4) is 23.8 Å². The SMILES string of the molecule is C#CCC(NC(=O)Nc1cc(OC)cc(OC)c1)C(=O)O. The van der Waals surface area contributed by atoms with E-state index < -0.39 is 18.0 Å². The van der Waals surface area contributed by atoms with Crippen LogP contribution in [0.3, 0.4) is 0 Å². The molecule has 0 radical (unpaired) electrons. The molecule has 1 atom stereocenters. The van der Waals surface area contributed by atoms with Crippen LogP contribution >= 0.6 is 0 Å². The topological polar surface area (TPSA) is 96.9 Å². The Morgan fingerprint density at radius 3 is 2.29 bits per heavy atom. The normalized spacial score (nSPS) is 10.9. The average molecular weight is 292 g/mol. The van der Waals surface area contributed by atoms with E-state index in [1.807, 2.05) is 0 Å². The summed E-state index contributed by atoms with van der Waals surface area (Å²) in [4.78, 5) is 22.7. The fraction of sp³-hybridized carbons (Fsp3) is 0.286. The lowest BCUT2D eigenvalue weighted by Crippen LogP contribution is -2.42. The van der Waals surface area contributed by atoms with Crippen molar-refractivity contribution in [2.75, 3.05) is 19.5 Å². The van der Waals surface area contributed by atoms with Crippen molar-refractivity contribution < 1.29 is 24.2 Å². The Morgan fingerprint density at radius 2 is 1.86 bits per heavy atom. The lowest BCUT2D eigenvalue weighted by Gasteiger charge is -2.14. The maximum atomic E-state index is 11.8. The predicted octanol–water partition coefficient (Wildman–Crippen LogP) is 1.30. The van der Waals surface area contributed by atoms with Crippen LogP contribution in [-0.2, 0) is 4.79 Å². The number of aliphatic carboxylic acids is 1. The summed E-state index contributed by atoms with van der Waals surface area (Å²) in [6.07, 6.45) is 4.95. The Kier molecular flexibility index (Phi) is 5.89. The first-order valence-corrected chi connectivity index (χ1v) is 5.97. The van der Waals surface area contributed by atoms with E-state index in [1.165, 1.54) is 14.2 Å². The van der Waals surface area contributed by atoms with Crippen LogP contribution in [0.5, 0.6) is 11.5 Å². The standard InChI is InChI=1S/C14H16N2O5/c1-4-5-12(13(17)18)16-14(19)15-9-6-10(20-2)8-11(7-9)21-3/h1,6-8,12H,5H2,2-3H3,(H,17,18)(H2,15,16,19). The number of carboxylic acids is 1. The van der Waals surface area contributed by atoms with Gasteiger partial charge in [0.05, 0.1) is 14.2 Å². The van der Waals surface area contributed by atoms with Crippen LogP contribution in [0, 0.1) is 12.3 Å². The van der Waals surface area contributed by atoms with Crippen molar-refractivity contribution in [2.45, 2.75) is 12.5 Å². The molecule has 0 heterocycles. The van der Waals surface area contributed by atoms with Gasteiger partial charge in [0.15, 0.2) is 0 Å². The van der Waals surface area contributed by atoms with Crippen molar-refractivity contribution in [3.05, 3.63) is 18.2 Å².